The summed E-state index contributed by atoms with van der Waals surface area (Å²) in [6.45, 7) is 7.40. The highest BCUT2D eigenvalue weighted by molar-refractivity contribution is 7.89. The van der Waals surface area contributed by atoms with Crippen molar-refractivity contribution < 1.29 is 13.2 Å². The maximum atomic E-state index is 12.9. The summed E-state index contributed by atoms with van der Waals surface area (Å²) >= 11 is 0. The van der Waals surface area contributed by atoms with Crippen LogP contribution in [-0.4, -0.2) is 21.1 Å². The van der Waals surface area contributed by atoms with Crippen LogP contribution < -0.4 is 9.46 Å². The normalized spacial score (nSPS) is 12.2. The van der Waals surface area contributed by atoms with Crippen molar-refractivity contribution in [3.05, 3.63) is 59.2 Å². The molecule has 2 rings (SSSR count). The molecule has 0 atom stereocenters. The molecule has 0 fully saturated rings. The van der Waals surface area contributed by atoms with Crippen molar-refractivity contribution in [2.75, 3.05) is 7.11 Å². The molecular formula is C19H25NO3S. The number of rotatable bonds is 6. The van der Waals surface area contributed by atoms with E-state index in [0.717, 1.165) is 11.1 Å². The van der Waals surface area contributed by atoms with Crippen molar-refractivity contribution in [2.24, 2.45) is 0 Å². The van der Waals surface area contributed by atoms with Gasteiger partial charge in [-0.25, -0.2) is 13.1 Å². The van der Waals surface area contributed by atoms with E-state index in [4.69, 9.17) is 4.74 Å². The number of benzene rings is 2. The number of aryl methyl sites for hydroxylation is 2. The van der Waals surface area contributed by atoms with Crippen LogP contribution in [0, 0.1) is 13.8 Å². The second-order valence-corrected chi connectivity index (χ2v) is 8.39. The Kier molecular flexibility index (Phi) is 5.35. The van der Waals surface area contributed by atoms with Crippen LogP contribution in [0.1, 0.15) is 30.5 Å². The molecule has 0 bridgehead atoms. The standard InChI is InChI=1S/C19H25NO3S/c1-14-12-18(15(2)11-17(14)23-5)24(21,22)20-19(3,4)13-16-9-7-6-8-10-16/h6-12,20H,13H2,1-5H3. The zero-order chi connectivity index (χ0) is 18.0. The van der Waals surface area contributed by atoms with Crippen LogP contribution in [0.3, 0.4) is 0 Å². The minimum absolute atomic E-state index is 0.293. The number of sulfonamides is 1. The van der Waals surface area contributed by atoms with Gasteiger partial charge in [-0.15, -0.1) is 0 Å². The van der Waals surface area contributed by atoms with Crippen molar-refractivity contribution in [3.8, 4) is 5.75 Å². The SMILES string of the molecule is COc1cc(C)c(S(=O)(=O)NC(C)(C)Cc2ccccc2)cc1C. The molecule has 0 unspecified atom stereocenters. The third-order valence-corrected chi connectivity index (χ3v) is 5.72. The summed E-state index contributed by atoms with van der Waals surface area (Å²) in [7, 11) is -2.04. The van der Waals surface area contributed by atoms with Crippen molar-refractivity contribution >= 4 is 10.0 Å². The predicted octanol–water partition coefficient (Wildman–Crippen LogP) is 3.61. The molecular weight excluding hydrogens is 322 g/mol. The van der Waals surface area contributed by atoms with E-state index in [1.807, 2.05) is 51.1 Å². The smallest absolute Gasteiger partial charge is 0.241 e. The summed E-state index contributed by atoms with van der Waals surface area (Å²) in [5.41, 5.74) is 1.96. The van der Waals surface area contributed by atoms with Gasteiger partial charge < -0.3 is 4.74 Å². The van der Waals surface area contributed by atoms with E-state index < -0.39 is 15.6 Å². The molecule has 1 N–H and O–H groups in total. The highest BCUT2D eigenvalue weighted by atomic mass is 32.2. The van der Waals surface area contributed by atoms with Crippen molar-refractivity contribution in [3.63, 3.8) is 0 Å². The molecule has 4 nitrogen and oxygen atoms in total. The number of methoxy groups -OCH3 is 1. The largest absolute Gasteiger partial charge is 0.496 e. The van der Waals surface area contributed by atoms with Crippen LogP contribution >= 0.6 is 0 Å². The molecule has 0 saturated heterocycles. The summed E-state index contributed by atoms with van der Waals surface area (Å²) in [6, 6.07) is 13.3. The first-order valence-electron chi connectivity index (χ1n) is 7.88. The molecule has 0 heterocycles. The van der Waals surface area contributed by atoms with Crippen LogP contribution in [0.25, 0.3) is 0 Å². The van der Waals surface area contributed by atoms with Crippen molar-refractivity contribution in [1.29, 1.82) is 0 Å². The molecule has 0 aromatic heterocycles. The Hall–Kier alpha value is -1.85. The first-order chi connectivity index (χ1) is 11.1. The average molecular weight is 347 g/mol. The van der Waals surface area contributed by atoms with Crippen molar-refractivity contribution in [1.82, 2.24) is 4.72 Å². The van der Waals surface area contributed by atoms with E-state index in [-0.39, 0.29) is 0 Å². The van der Waals surface area contributed by atoms with Crippen LogP contribution in [0.4, 0.5) is 0 Å². The Labute approximate surface area is 144 Å². The molecule has 2 aromatic rings. The molecule has 24 heavy (non-hydrogen) atoms. The molecule has 0 spiro atoms. The Balaban J connectivity index is 2.29. The second-order valence-electron chi connectivity index (χ2n) is 6.74. The third kappa shape index (κ3) is 4.36. The molecule has 0 aliphatic carbocycles. The first-order valence-corrected chi connectivity index (χ1v) is 9.36. The summed E-state index contributed by atoms with van der Waals surface area (Å²) in [6.07, 6.45) is 0.612. The quantitative estimate of drug-likeness (QED) is 0.868. The van der Waals surface area contributed by atoms with E-state index >= 15 is 0 Å². The van der Waals surface area contributed by atoms with Gasteiger partial charge in [-0.05, 0) is 62.9 Å². The topological polar surface area (TPSA) is 55.4 Å². The van der Waals surface area contributed by atoms with Gasteiger partial charge in [-0.2, -0.15) is 0 Å². The lowest BCUT2D eigenvalue weighted by atomic mass is 9.96. The molecule has 0 aliphatic rings. The lowest BCUT2D eigenvalue weighted by Crippen LogP contribution is -2.45. The number of ether oxygens (including phenoxy) is 1. The predicted molar refractivity (Wildman–Crippen MR) is 97.0 cm³/mol. The van der Waals surface area contributed by atoms with E-state index in [9.17, 15) is 8.42 Å². The second kappa shape index (κ2) is 6.95. The highest BCUT2D eigenvalue weighted by Gasteiger charge is 2.28. The average Bonchev–Trinajstić information content (AvgIpc) is 2.48. The number of hydrogen-bond donors (Lipinski definition) is 1. The number of nitrogens with one attached hydrogen (secondary N) is 1. The summed E-state index contributed by atoms with van der Waals surface area (Å²) in [4.78, 5) is 0.293. The van der Waals surface area contributed by atoms with Crippen LogP contribution in [0.5, 0.6) is 5.75 Å². The number of hydrogen-bond acceptors (Lipinski definition) is 3. The molecule has 0 radical (unpaired) electrons. The van der Waals surface area contributed by atoms with Gasteiger partial charge in [0.15, 0.2) is 0 Å². The fourth-order valence-electron chi connectivity index (χ4n) is 2.83. The van der Waals surface area contributed by atoms with Gasteiger partial charge in [-0.1, -0.05) is 30.3 Å². The first kappa shape index (κ1) is 18.5. The van der Waals surface area contributed by atoms with Gasteiger partial charge in [0.1, 0.15) is 5.75 Å². The van der Waals surface area contributed by atoms with Gasteiger partial charge in [-0.3, -0.25) is 0 Å². The van der Waals surface area contributed by atoms with E-state index in [2.05, 4.69) is 4.72 Å². The fourth-order valence-corrected chi connectivity index (χ4v) is 4.56. The van der Waals surface area contributed by atoms with Gasteiger partial charge in [0.25, 0.3) is 0 Å². The molecule has 130 valence electrons. The molecule has 0 aliphatic heterocycles. The zero-order valence-electron chi connectivity index (χ0n) is 14.9. The van der Waals surface area contributed by atoms with Gasteiger partial charge in [0, 0.05) is 5.54 Å². The molecule has 2 aromatic carbocycles. The lowest BCUT2D eigenvalue weighted by Gasteiger charge is -2.27. The Bertz CT molecular complexity index is 812. The summed E-state index contributed by atoms with van der Waals surface area (Å²) in [5, 5.41) is 0. The van der Waals surface area contributed by atoms with Gasteiger partial charge in [0.05, 0.1) is 12.0 Å². The maximum absolute atomic E-state index is 12.9. The maximum Gasteiger partial charge on any atom is 0.241 e. The van der Waals surface area contributed by atoms with E-state index in [0.29, 0.717) is 22.6 Å². The minimum Gasteiger partial charge on any atom is -0.496 e. The van der Waals surface area contributed by atoms with Crippen LogP contribution in [-0.2, 0) is 16.4 Å². The monoisotopic (exact) mass is 347 g/mol. The van der Waals surface area contributed by atoms with Crippen LogP contribution in [0.15, 0.2) is 47.4 Å². The van der Waals surface area contributed by atoms with Crippen molar-refractivity contribution in [2.45, 2.75) is 44.6 Å². The molecule has 0 amide bonds. The zero-order valence-corrected chi connectivity index (χ0v) is 15.7. The molecule has 0 saturated carbocycles. The lowest BCUT2D eigenvalue weighted by molar-refractivity contribution is 0.410. The fraction of sp³-hybridized carbons (Fsp3) is 0.368. The third-order valence-electron chi connectivity index (χ3n) is 3.88. The summed E-state index contributed by atoms with van der Waals surface area (Å²) < 4.78 is 33.8. The molecule has 5 heteroatoms. The minimum atomic E-state index is -3.62. The summed E-state index contributed by atoms with van der Waals surface area (Å²) in [5.74, 6) is 0.690. The Morgan fingerprint density at radius 1 is 1.04 bits per heavy atom. The van der Waals surface area contributed by atoms with Crippen LogP contribution in [0.2, 0.25) is 0 Å². The van der Waals surface area contributed by atoms with Gasteiger partial charge >= 0.3 is 0 Å². The highest BCUT2D eigenvalue weighted by Crippen LogP contribution is 2.26. The van der Waals surface area contributed by atoms with E-state index in [1.165, 1.54) is 0 Å². The Morgan fingerprint density at radius 3 is 2.25 bits per heavy atom. The van der Waals surface area contributed by atoms with Gasteiger partial charge in [0.2, 0.25) is 10.0 Å². The Morgan fingerprint density at radius 2 is 1.67 bits per heavy atom. The van der Waals surface area contributed by atoms with E-state index in [1.54, 1.807) is 26.2 Å².